The molecule has 5 heteroatoms. The maximum atomic E-state index is 9.46. The van der Waals surface area contributed by atoms with Gasteiger partial charge < -0.3 is 19.3 Å². The second-order valence-corrected chi connectivity index (χ2v) is 6.23. The third-order valence-corrected chi connectivity index (χ3v) is 4.75. The van der Waals surface area contributed by atoms with Gasteiger partial charge in [-0.1, -0.05) is 5.16 Å². The number of aliphatic hydroxyl groups is 1. The molecule has 0 radical (unpaired) electrons. The van der Waals surface area contributed by atoms with E-state index in [-0.39, 0.29) is 6.61 Å². The van der Waals surface area contributed by atoms with Gasteiger partial charge in [-0.15, -0.1) is 0 Å². The fourth-order valence-electron chi connectivity index (χ4n) is 3.25. The van der Waals surface area contributed by atoms with E-state index in [0.29, 0.717) is 5.75 Å². The maximum absolute atomic E-state index is 9.46. The van der Waals surface area contributed by atoms with Crippen molar-refractivity contribution in [3.8, 4) is 5.75 Å². The third kappa shape index (κ3) is 3.10. The number of aromatic nitrogens is 1. The van der Waals surface area contributed by atoms with Gasteiger partial charge in [-0.3, -0.25) is 0 Å². The van der Waals surface area contributed by atoms with Crippen molar-refractivity contribution in [1.29, 1.82) is 0 Å². The minimum atomic E-state index is -0.0430. The minimum Gasteiger partial charge on any atom is -0.496 e. The predicted octanol–water partition coefficient (Wildman–Crippen LogP) is 2.60. The second-order valence-electron chi connectivity index (χ2n) is 6.23. The molecular weight excluding hydrogens is 280 g/mol. The summed E-state index contributed by atoms with van der Waals surface area (Å²) in [7, 11) is 3.78. The summed E-state index contributed by atoms with van der Waals surface area (Å²) in [5.41, 5.74) is 2.50. The minimum absolute atomic E-state index is 0.0430. The zero-order chi connectivity index (χ0) is 15.5. The van der Waals surface area contributed by atoms with E-state index < -0.39 is 0 Å². The first-order valence-corrected chi connectivity index (χ1v) is 7.96. The van der Waals surface area contributed by atoms with Gasteiger partial charge in [0, 0.05) is 17.0 Å². The van der Waals surface area contributed by atoms with Gasteiger partial charge in [-0.05, 0) is 57.8 Å². The number of rotatable bonds is 5. The van der Waals surface area contributed by atoms with Crippen LogP contribution in [0.25, 0.3) is 11.0 Å². The molecule has 22 heavy (non-hydrogen) atoms. The van der Waals surface area contributed by atoms with Crippen LogP contribution < -0.4 is 4.74 Å². The van der Waals surface area contributed by atoms with Crippen LogP contribution in [-0.2, 0) is 13.0 Å². The Morgan fingerprint density at radius 1 is 1.36 bits per heavy atom. The van der Waals surface area contributed by atoms with E-state index in [0.717, 1.165) is 41.0 Å². The lowest BCUT2D eigenvalue weighted by molar-refractivity contribution is 0.212. The highest BCUT2D eigenvalue weighted by molar-refractivity contribution is 5.82. The first kappa shape index (κ1) is 15.3. The van der Waals surface area contributed by atoms with Gasteiger partial charge in [0.15, 0.2) is 5.58 Å². The van der Waals surface area contributed by atoms with Crippen LogP contribution in [0.2, 0.25) is 0 Å². The number of hydrogen-bond donors (Lipinski definition) is 1. The Balaban J connectivity index is 1.74. The van der Waals surface area contributed by atoms with Crippen LogP contribution in [0.3, 0.4) is 0 Å². The van der Waals surface area contributed by atoms with Gasteiger partial charge >= 0.3 is 0 Å². The molecule has 1 saturated heterocycles. The highest BCUT2D eigenvalue weighted by Gasteiger charge is 2.18. The van der Waals surface area contributed by atoms with E-state index in [1.807, 2.05) is 12.1 Å². The fourth-order valence-corrected chi connectivity index (χ4v) is 3.25. The van der Waals surface area contributed by atoms with Gasteiger partial charge in [0.2, 0.25) is 0 Å². The number of methoxy groups -OCH3 is 1. The SMILES string of the molecule is COc1cc2onc(CCC3CCN(C)CC3)c2cc1CO. The molecule has 0 aliphatic carbocycles. The number of ether oxygens (including phenoxy) is 1. The molecule has 2 heterocycles. The number of piperidine rings is 1. The molecule has 1 fully saturated rings. The van der Waals surface area contributed by atoms with Crippen LogP contribution in [-0.4, -0.2) is 42.4 Å². The van der Waals surface area contributed by atoms with Crippen LogP contribution >= 0.6 is 0 Å². The van der Waals surface area contributed by atoms with Crippen LogP contribution in [0.1, 0.15) is 30.5 Å². The molecule has 2 aromatic rings. The lowest BCUT2D eigenvalue weighted by atomic mass is 9.91. The lowest BCUT2D eigenvalue weighted by Gasteiger charge is -2.28. The van der Waals surface area contributed by atoms with Gasteiger partial charge in [0.05, 0.1) is 19.4 Å². The van der Waals surface area contributed by atoms with Crippen molar-refractivity contribution in [2.75, 3.05) is 27.2 Å². The standard InChI is InChI=1S/C17H24N2O3/c1-19-7-5-12(6-8-19)3-4-15-14-9-13(11-20)16(21-2)10-17(14)22-18-15/h9-10,12,20H,3-8,11H2,1-2H3. The highest BCUT2D eigenvalue weighted by atomic mass is 16.5. The smallest absolute Gasteiger partial charge is 0.170 e. The Hall–Kier alpha value is -1.59. The van der Waals surface area contributed by atoms with Crippen molar-refractivity contribution in [2.45, 2.75) is 32.3 Å². The van der Waals surface area contributed by atoms with E-state index in [2.05, 4.69) is 17.1 Å². The summed E-state index contributed by atoms with van der Waals surface area (Å²) in [6, 6.07) is 3.75. The summed E-state index contributed by atoms with van der Waals surface area (Å²) >= 11 is 0. The Labute approximate surface area is 130 Å². The summed E-state index contributed by atoms with van der Waals surface area (Å²) < 4.78 is 10.7. The maximum Gasteiger partial charge on any atom is 0.170 e. The average molecular weight is 304 g/mol. The van der Waals surface area contributed by atoms with Crippen LogP contribution in [0.15, 0.2) is 16.7 Å². The van der Waals surface area contributed by atoms with Crippen LogP contribution in [0, 0.1) is 5.92 Å². The van der Waals surface area contributed by atoms with Crippen molar-refractivity contribution in [2.24, 2.45) is 5.92 Å². The summed E-state index contributed by atoms with van der Waals surface area (Å²) in [6.07, 6.45) is 4.61. The molecule has 0 amide bonds. The number of aliphatic hydroxyl groups excluding tert-OH is 1. The van der Waals surface area contributed by atoms with Gasteiger partial charge in [-0.2, -0.15) is 0 Å². The van der Waals surface area contributed by atoms with Crippen molar-refractivity contribution in [3.05, 3.63) is 23.4 Å². The Morgan fingerprint density at radius 3 is 2.82 bits per heavy atom. The van der Waals surface area contributed by atoms with E-state index in [1.165, 1.54) is 25.9 Å². The molecule has 1 aliphatic heterocycles. The molecule has 3 rings (SSSR count). The van der Waals surface area contributed by atoms with Gasteiger partial charge in [-0.25, -0.2) is 0 Å². The van der Waals surface area contributed by atoms with Crippen molar-refractivity contribution >= 4 is 11.0 Å². The van der Waals surface area contributed by atoms with Gasteiger partial charge in [0.25, 0.3) is 0 Å². The fraction of sp³-hybridized carbons (Fsp3) is 0.588. The Bertz CT molecular complexity index is 630. The first-order chi connectivity index (χ1) is 10.7. The molecule has 1 aromatic carbocycles. The molecule has 0 atom stereocenters. The normalized spacial score (nSPS) is 17.2. The molecule has 5 nitrogen and oxygen atoms in total. The predicted molar refractivity (Wildman–Crippen MR) is 85.0 cm³/mol. The zero-order valence-electron chi connectivity index (χ0n) is 13.3. The molecule has 1 aromatic heterocycles. The molecular formula is C17H24N2O3. The topological polar surface area (TPSA) is 58.7 Å². The number of fused-ring (bicyclic) bond motifs is 1. The summed E-state index contributed by atoms with van der Waals surface area (Å²) in [5.74, 6) is 1.42. The van der Waals surface area contributed by atoms with Crippen molar-refractivity contribution in [1.82, 2.24) is 10.1 Å². The third-order valence-electron chi connectivity index (χ3n) is 4.75. The molecule has 0 saturated carbocycles. The largest absolute Gasteiger partial charge is 0.496 e. The van der Waals surface area contributed by atoms with Crippen LogP contribution in [0.5, 0.6) is 5.75 Å². The Morgan fingerprint density at radius 2 is 2.14 bits per heavy atom. The highest BCUT2D eigenvalue weighted by Crippen LogP contribution is 2.30. The van der Waals surface area contributed by atoms with Crippen molar-refractivity contribution < 1.29 is 14.4 Å². The van der Waals surface area contributed by atoms with Gasteiger partial charge in [0.1, 0.15) is 5.75 Å². The number of aryl methyl sites for hydroxylation is 1. The van der Waals surface area contributed by atoms with E-state index in [9.17, 15) is 5.11 Å². The summed E-state index contributed by atoms with van der Waals surface area (Å²) in [5, 5.41) is 14.7. The van der Waals surface area contributed by atoms with Crippen LogP contribution in [0.4, 0.5) is 0 Å². The number of benzene rings is 1. The molecule has 0 spiro atoms. The molecule has 120 valence electrons. The monoisotopic (exact) mass is 304 g/mol. The average Bonchev–Trinajstić information content (AvgIpc) is 2.95. The number of nitrogens with zero attached hydrogens (tertiary/aromatic N) is 2. The quantitative estimate of drug-likeness (QED) is 0.920. The summed E-state index contributed by atoms with van der Waals surface area (Å²) in [6.45, 7) is 2.34. The Kier molecular flexibility index (Phi) is 4.64. The van der Waals surface area contributed by atoms with E-state index in [4.69, 9.17) is 9.26 Å². The lowest BCUT2D eigenvalue weighted by Crippen LogP contribution is -2.30. The molecule has 1 aliphatic rings. The molecule has 1 N–H and O–H groups in total. The molecule has 0 unspecified atom stereocenters. The van der Waals surface area contributed by atoms with E-state index >= 15 is 0 Å². The second kappa shape index (κ2) is 6.67. The zero-order valence-corrected chi connectivity index (χ0v) is 13.3. The first-order valence-electron chi connectivity index (χ1n) is 7.96. The van der Waals surface area contributed by atoms with E-state index in [1.54, 1.807) is 7.11 Å². The van der Waals surface area contributed by atoms with Crippen molar-refractivity contribution in [3.63, 3.8) is 0 Å². The number of hydrogen-bond acceptors (Lipinski definition) is 5. The summed E-state index contributed by atoms with van der Waals surface area (Å²) in [4.78, 5) is 2.39. The number of likely N-dealkylation sites (tertiary alicyclic amines) is 1. The molecule has 0 bridgehead atoms.